The fraction of sp³-hybridized carbons (Fsp3) is 0. The fourth-order valence-corrected chi connectivity index (χ4v) is 1.09. The number of H-pyrrole nitrogens is 1. The Hall–Kier alpha value is -1.84. The molecule has 1 heterocycles. The minimum absolute atomic E-state index is 0.705. The highest BCUT2D eigenvalue weighted by Crippen LogP contribution is 2.03. The van der Waals surface area contributed by atoms with Gasteiger partial charge in [0.1, 0.15) is 0 Å². The SMILES string of the molecule is O=c1[nH]n(-c2ccccc2)cc1F. The molecule has 0 aliphatic carbocycles. The summed E-state index contributed by atoms with van der Waals surface area (Å²) in [6.45, 7) is 0. The van der Waals surface area contributed by atoms with Crippen molar-refractivity contribution in [2.45, 2.75) is 0 Å². The van der Waals surface area contributed by atoms with E-state index in [1.807, 2.05) is 18.2 Å². The van der Waals surface area contributed by atoms with Crippen molar-refractivity contribution in [1.82, 2.24) is 9.78 Å². The average Bonchev–Trinajstić information content (AvgIpc) is 2.49. The molecule has 1 aromatic carbocycles. The lowest BCUT2D eigenvalue weighted by Gasteiger charge is -1.98. The number of aromatic amines is 1. The van der Waals surface area contributed by atoms with E-state index in [0.29, 0.717) is 0 Å². The van der Waals surface area contributed by atoms with Gasteiger partial charge < -0.3 is 0 Å². The Morgan fingerprint density at radius 2 is 1.92 bits per heavy atom. The number of halogens is 1. The van der Waals surface area contributed by atoms with Crippen molar-refractivity contribution >= 4 is 0 Å². The van der Waals surface area contributed by atoms with Crippen LogP contribution in [0.3, 0.4) is 0 Å². The van der Waals surface area contributed by atoms with Crippen molar-refractivity contribution in [3.8, 4) is 5.69 Å². The zero-order valence-electron chi connectivity index (χ0n) is 6.70. The molecule has 2 aromatic rings. The summed E-state index contributed by atoms with van der Waals surface area (Å²) in [5.41, 5.74) is 0.0207. The van der Waals surface area contributed by atoms with Gasteiger partial charge in [-0.05, 0) is 12.1 Å². The summed E-state index contributed by atoms with van der Waals surface area (Å²) in [6, 6.07) is 9.02. The van der Waals surface area contributed by atoms with Crippen LogP contribution in [0.2, 0.25) is 0 Å². The molecule has 0 amide bonds. The summed E-state index contributed by atoms with van der Waals surface area (Å²) in [7, 11) is 0. The van der Waals surface area contributed by atoms with E-state index in [2.05, 4.69) is 5.10 Å². The van der Waals surface area contributed by atoms with Crippen LogP contribution in [-0.2, 0) is 0 Å². The lowest BCUT2D eigenvalue weighted by atomic mass is 10.3. The lowest BCUT2D eigenvalue weighted by Crippen LogP contribution is -2.05. The number of nitrogens with zero attached hydrogens (tertiary/aromatic N) is 1. The molecule has 0 aliphatic heterocycles. The molecule has 0 aliphatic rings. The Morgan fingerprint density at radius 3 is 2.46 bits per heavy atom. The van der Waals surface area contributed by atoms with E-state index in [9.17, 15) is 9.18 Å². The minimum atomic E-state index is -0.774. The third kappa shape index (κ3) is 1.38. The van der Waals surface area contributed by atoms with E-state index in [4.69, 9.17) is 0 Å². The molecule has 1 aromatic heterocycles. The van der Waals surface area contributed by atoms with E-state index in [1.165, 1.54) is 4.68 Å². The first-order valence-corrected chi connectivity index (χ1v) is 3.80. The molecule has 0 fully saturated rings. The predicted molar refractivity (Wildman–Crippen MR) is 46.3 cm³/mol. The van der Waals surface area contributed by atoms with Gasteiger partial charge in [0.2, 0.25) is 5.82 Å². The smallest absolute Gasteiger partial charge is 0.265 e. The van der Waals surface area contributed by atoms with Gasteiger partial charge >= 0.3 is 0 Å². The molecule has 0 atom stereocenters. The second kappa shape index (κ2) is 2.90. The second-order valence-corrected chi connectivity index (χ2v) is 2.62. The molecule has 66 valence electrons. The molecule has 0 spiro atoms. The van der Waals surface area contributed by atoms with Crippen molar-refractivity contribution in [2.24, 2.45) is 0 Å². The number of aromatic nitrogens is 2. The van der Waals surface area contributed by atoms with Crippen LogP contribution < -0.4 is 5.56 Å². The number of rotatable bonds is 1. The standard InChI is InChI=1S/C9H7FN2O/c10-8-6-12(11-9(8)13)7-4-2-1-3-5-7/h1-6H,(H,11,13). The Bertz CT molecular complexity index is 458. The molecule has 0 unspecified atom stereocenters. The van der Waals surface area contributed by atoms with Gasteiger partial charge in [-0.25, -0.2) is 0 Å². The van der Waals surface area contributed by atoms with Crippen LogP contribution in [0.5, 0.6) is 0 Å². The quantitative estimate of drug-likeness (QED) is 0.702. The number of nitrogens with one attached hydrogen (secondary N) is 1. The first kappa shape index (κ1) is 7.79. The van der Waals surface area contributed by atoms with Gasteiger partial charge in [-0.1, -0.05) is 18.2 Å². The van der Waals surface area contributed by atoms with E-state index >= 15 is 0 Å². The van der Waals surface area contributed by atoms with Gasteiger partial charge in [0.15, 0.2) is 0 Å². The van der Waals surface area contributed by atoms with Crippen LogP contribution in [-0.4, -0.2) is 9.78 Å². The van der Waals surface area contributed by atoms with E-state index < -0.39 is 11.4 Å². The summed E-state index contributed by atoms with van der Waals surface area (Å²) in [4.78, 5) is 10.8. The van der Waals surface area contributed by atoms with Crippen molar-refractivity contribution < 1.29 is 4.39 Å². The summed E-state index contributed by atoms with van der Waals surface area (Å²) in [6.07, 6.45) is 1.12. The highest BCUT2D eigenvalue weighted by molar-refractivity contribution is 5.29. The monoisotopic (exact) mass is 178 g/mol. The minimum Gasteiger partial charge on any atom is -0.265 e. The zero-order chi connectivity index (χ0) is 9.26. The summed E-state index contributed by atoms with van der Waals surface area (Å²) >= 11 is 0. The summed E-state index contributed by atoms with van der Waals surface area (Å²) in [5, 5.41) is 2.35. The molecule has 2 rings (SSSR count). The highest BCUT2D eigenvalue weighted by Gasteiger charge is 2.02. The maximum Gasteiger partial charge on any atom is 0.300 e. The van der Waals surface area contributed by atoms with Gasteiger partial charge in [-0.15, -0.1) is 0 Å². The number of para-hydroxylation sites is 1. The van der Waals surface area contributed by atoms with E-state index in [1.54, 1.807) is 12.1 Å². The van der Waals surface area contributed by atoms with Crippen LogP contribution in [0.15, 0.2) is 41.3 Å². The van der Waals surface area contributed by atoms with Crippen LogP contribution in [0.4, 0.5) is 4.39 Å². The first-order chi connectivity index (χ1) is 6.27. The van der Waals surface area contributed by atoms with Gasteiger partial charge in [0, 0.05) is 0 Å². The lowest BCUT2D eigenvalue weighted by molar-refractivity contribution is 0.617. The molecule has 0 saturated heterocycles. The van der Waals surface area contributed by atoms with Gasteiger partial charge in [-0.2, -0.15) is 4.39 Å². The molecule has 0 saturated carbocycles. The van der Waals surface area contributed by atoms with E-state index in [0.717, 1.165) is 11.9 Å². The van der Waals surface area contributed by atoms with Gasteiger partial charge in [0.05, 0.1) is 11.9 Å². The maximum atomic E-state index is 12.7. The van der Waals surface area contributed by atoms with Crippen LogP contribution >= 0.6 is 0 Å². The summed E-state index contributed by atoms with van der Waals surface area (Å²) < 4.78 is 14.0. The van der Waals surface area contributed by atoms with Crippen molar-refractivity contribution in [3.63, 3.8) is 0 Å². The van der Waals surface area contributed by atoms with Crippen LogP contribution in [0, 0.1) is 5.82 Å². The Kier molecular flexibility index (Phi) is 1.73. The number of hydrogen-bond donors (Lipinski definition) is 1. The van der Waals surface area contributed by atoms with Gasteiger partial charge in [0.25, 0.3) is 5.56 Å². The fourth-order valence-electron chi connectivity index (χ4n) is 1.09. The van der Waals surface area contributed by atoms with Crippen molar-refractivity contribution in [3.05, 3.63) is 52.7 Å². The maximum absolute atomic E-state index is 12.7. The number of benzene rings is 1. The topological polar surface area (TPSA) is 37.8 Å². The Labute approximate surface area is 73.4 Å². The molecular formula is C9H7FN2O. The summed E-state index contributed by atoms with van der Waals surface area (Å²) in [5.74, 6) is -0.774. The van der Waals surface area contributed by atoms with Crippen LogP contribution in [0.25, 0.3) is 5.69 Å². The van der Waals surface area contributed by atoms with Crippen LogP contribution in [0.1, 0.15) is 0 Å². The molecule has 13 heavy (non-hydrogen) atoms. The van der Waals surface area contributed by atoms with Gasteiger partial charge in [-0.3, -0.25) is 14.6 Å². The predicted octanol–water partition coefficient (Wildman–Crippen LogP) is 1.30. The molecule has 1 N–H and O–H groups in total. The third-order valence-electron chi connectivity index (χ3n) is 1.72. The number of hydrogen-bond acceptors (Lipinski definition) is 1. The molecular weight excluding hydrogens is 171 g/mol. The molecule has 3 nitrogen and oxygen atoms in total. The zero-order valence-corrected chi connectivity index (χ0v) is 6.70. The highest BCUT2D eigenvalue weighted by atomic mass is 19.1. The molecule has 0 radical (unpaired) electrons. The normalized spacial score (nSPS) is 10.2. The third-order valence-corrected chi connectivity index (χ3v) is 1.72. The Morgan fingerprint density at radius 1 is 1.23 bits per heavy atom. The largest absolute Gasteiger partial charge is 0.300 e. The molecule has 0 bridgehead atoms. The average molecular weight is 178 g/mol. The van der Waals surface area contributed by atoms with E-state index in [-0.39, 0.29) is 0 Å². The Balaban J connectivity index is 2.54. The molecule has 4 heteroatoms. The van der Waals surface area contributed by atoms with Crippen molar-refractivity contribution in [2.75, 3.05) is 0 Å². The van der Waals surface area contributed by atoms with Crippen molar-refractivity contribution in [1.29, 1.82) is 0 Å². The first-order valence-electron chi connectivity index (χ1n) is 3.80. The second-order valence-electron chi connectivity index (χ2n) is 2.62.